The first-order valence-electron chi connectivity index (χ1n) is 7.27. The Balaban J connectivity index is 0.000000315. The topological polar surface area (TPSA) is 29.4 Å². The molecule has 0 aliphatic rings. The molecule has 0 saturated heterocycles. The van der Waals surface area contributed by atoms with Crippen molar-refractivity contribution in [3.63, 3.8) is 0 Å². The zero-order chi connectivity index (χ0) is 15.5. The fourth-order valence-corrected chi connectivity index (χ4v) is 1.67. The Morgan fingerprint density at radius 1 is 1.05 bits per heavy atom. The van der Waals surface area contributed by atoms with E-state index in [1.165, 1.54) is 5.56 Å². The molecule has 0 aliphatic heterocycles. The minimum Gasteiger partial charge on any atom is -0.300 e. The van der Waals surface area contributed by atoms with Gasteiger partial charge in [0.15, 0.2) is 0 Å². The van der Waals surface area contributed by atoms with Crippen molar-refractivity contribution in [1.82, 2.24) is 0 Å². The second-order valence-corrected chi connectivity index (χ2v) is 4.96. The van der Waals surface area contributed by atoms with Crippen LogP contribution in [0.5, 0.6) is 0 Å². The van der Waals surface area contributed by atoms with Crippen molar-refractivity contribution >= 4 is 17.7 Å². The van der Waals surface area contributed by atoms with E-state index < -0.39 is 0 Å². The third kappa shape index (κ3) is 7.83. The van der Waals surface area contributed by atoms with E-state index in [-0.39, 0.29) is 5.78 Å². The van der Waals surface area contributed by atoms with E-state index in [2.05, 4.69) is 24.0 Å². The van der Waals surface area contributed by atoms with Crippen LogP contribution in [-0.4, -0.2) is 12.0 Å². The zero-order valence-corrected chi connectivity index (χ0v) is 13.0. The number of Topliss-reactive ketones (excluding diaryl/α,β-unsaturated/α-hetero) is 1. The number of aryl methyl sites for hydroxylation is 1. The molecule has 21 heavy (non-hydrogen) atoms. The average Bonchev–Trinajstić information content (AvgIpc) is 2.48. The minimum absolute atomic E-state index is 0.289. The highest BCUT2D eigenvalue weighted by molar-refractivity contribution is 5.81. The Morgan fingerprint density at radius 2 is 1.67 bits per heavy atom. The first kappa shape index (κ1) is 16.8. The van der Waals surface area contributed by atoms with Crippen LogP contribution < -0.4 is 0 Å². The summed E-state index contributed by atoms with van der Waals surface area (Å²) >= 11 is 0. The summed E-state index contributed by atoms with van der Waals surface area (Å²) in [5, 5.41) is 0. The molecule has 0 unspecified atom stereocenters. The molecular weight excluding hydrogens is 258 g/mol. The molecule has 0 radical (unpaired) electrons. The summed E-state index contributed by atoms with van der Waals surface area (Å²) in [4.78, 5) is 14.4. The number of hydrogen-bond donors (Lipinski definition) is 0. The SMILES string of the molecule is CCCC(C)=O.Cc1ccc(N=Cc2ccccc2)cc1. The molecule has 0 N–H and O–H groups in total. The molecule has 2 aromatic rings. The number of benzene rings is 2. The van der Waals surface area contributed by atoms with Gasteiger partial charge < -0.3 is 4.79 Å². The molecule has 0 atom stereocenters. The molecule has 0 spiro atoms. The number of carbonyl (C=O) groups excluding carboxylic acids is 1. The van der Waals surface area contributed by atoms with E-state index >= 15 is 0 Å². The molecule has 2 nitrogen and oxygen atoms in total. The van der Waals surface area contributed by atoms with Crippen LogP contribution in [0, 0.1) is 6.92 Å². The van der Waals surface area contributed by atoms with Gasteiger partial charge in [-0.1, -0.05) is 55.0 Å². The molecule has 0 saturated carbocycles. The number of hydrogen-bond acceptors (Lipinski definition) is 2. The summed E-state index contributed by atoms with van der Waals surface area (Å²) < 4.78 is 0. The summed E-state index contributed by atoms with van der Waals surface area (Å²) in [5.41, 5.74) is 3.37. The van der Waals surface area contributed by atoms with Gasteiger partial charge in [0.2, 0.25) is 0 Å². The van der Waals surface area contributed by atoms with E-state index in [1.54, 1.807) is 6.92 Å². The zero-order valence-electron chi connectivity index (χ0n) is 13.0. The summed E-state index contributed by atoms with van der Waals surface area (Å²) in [7, 11) is 0. The fourth-order valence-electron chi connectivity index (χ4n) is 1.67. The highest BCUT2D eigenvalue weighted by Crippen LogP contribution is 2.12. The maximum atomic E-state index is 10.0. The predicted octanol–water partition coefficient (Wildman–Crippen LogP) is 5.12. The lowest BCUT2D eigenvalue weighted by Crippen LogP contribution is -1.84. The van der Waals surface area contributed by atoms with Gasteiger partial charge in [0.25, 0.3) is 0 Å². The third-order valence-corrected chi connectivity index (χ3v) is 2.80. The summed E-state index contributed by atoms with van der Waals surface area (Å²) in [6, 6.07) is 18.3. The van der Waals surface area contributed by atoms with Crippen LogP contribution in [0.3, 0.4) is 0 Å². The van der Waals surface area contributed by atoms with Crippen LogP contribution in [0.2, 0.25) is 0 Å². The Labute approximate surface area is 127 Å². The van der Waals surface area contributed by atoms with E-state index in [9.17, 15) is 4.79 Å². The highest BCUT2D eigenvalue weighted by atomic mass is 16.1. The number of rotatable bonds is 4. The first-order valence-corrected chi connectivity index (χ1v) is 7.27. The van der Waals surface area contributed by atoms with Crippen molar-refractivity contribution in [3.05, 3.63) is 65.7 Å². The second-order valence-electron chi connectivity index (χ2n) is 4.96. The van der Waals surface area contributed by atoms with Crippen LogP contribution >= 0.6 is 0 Å². The third-order valence-electron chi connectivity index (χ3n) is 2.80. The fraction of sp³-hybridized carbons (Fsp3) is 0.263. The van der Waals surface area contributed by atoms with Gasteiger partial charge in [-0.3, -0.25) is 4.99 Å². The van der Waals surface area contributed by atoms with Crippen molar-refractivity contribution in [2.75, 3.05) is 0 Å². The summed E-state index contributed by atoms with van der Waals surface area (Å²) in [6.07, 6.45) is 3.60. The lowest BCUT2D eigenvalue weighted by molar-refractivity contribution is -0.117. The molecule has 0 amide bonds. The van der Waals surface area contributed by atoms with Crippen molar-refractivity contribution in [1.29, 1.82) is 0 Å². The van der Waals surface area contributed by atoms with Gasteiger partial charge in [-0.15, -0.1) is 0 Å². The van der Waals surface area contributed by atoms with Gasteiger partial charge in [0.05, 0.1) is 5.69 Å². The second kappa shape index (κ2) is 9.65. The van der Waals surface area contributed by atoms with Crippen LogP contribution in [0.4, 0.5) is 5.69 Å². The Hall–Kier alpha value is -2.22. The van der Waals surface area contributed by atoms with Crippen LogP contribution in [-0.2, 0) is 4.79 Å². The van der Waals surface area contributed by atoms with E-state index in [4.69, 9.17) is 0 Å². The minimum atomic E-state index is 0.289. The van der Waals surface area contributed by atoms with Crippen molar-refractivity contribution in [2.24, 2.45) is 4.99 Å². The number of carbonyl (C=O) groups is 1. The Morgan fingerprint density at radius 3 is 2.14 bits per heavy atom. The molecule has 0 bridgehead atoms. The van der Waals surface area contributed by atoms with Crippen molar-refractivity contribution in [3.8, 4) is 0 Å². The largest absolute Gasteiger partial charge is 0.300 e. The summed E-state index contributed by atoms with van der Waals surface area (Å²) in [6.45, 7) is 5.69. The van der Waals surface area contributed by atoms with Gasteiger partial charge in [0.1, 0.15) is 5.78 Å². The molecule has 110 valence electrons. The van der Waals surface area contributed by atoms with Gasteiger partial charge in [-0.05, 0) is 38.0 Å². The van der Waals surface area contributed by atoms with Crippen LogP contribution in [0.15, 0.2) is 59.6 Å². The molecular formula is C19H23NO. The van der Waals surface area contributed by atoms with E-state index in [1.807, 2.05) is 55.6 Å². The monoisotopic (exact) mass is 281 g/mol. The van der Waals surface area contributed by atoms with Crippen LogP contribution in [0.25, 0.3) is 0 Å². The average molecular weight is 281 g/mol. The number of nitrogens with zero attached hydrogens (tertiary/aromatic N) is 1. The lowest BCUT2D eigenvalue weighted by Gasteiger charge is -1.94. The molecule has 2 rings (SSSR count). The normalized spacial score (nSPS) is 10.0. The molecule has 0 aliphatic carbocycles. The van der Waals surface area contributed by atoms with Gasteiger partial charge in [0, 0.05) is 12.6 Å². The Kier molecular flexibility index (Phi) is 7.73. The van der Waals surface area contributed by atoms with Crippen molar-refractivity contribution < 1.29 is 4.79 Å². The predicted molar refractivity (Wildman–Crippen MR) is 90.5 cm³/mol. The van der Waals surface area contributed by atoms with Crippen molar-refractivity contribution in [2.45, 2.75) is 33.6 Å². The Bertz CT molecular complexity index is 556. The maximum absolute atomic E-state index is 10.0. The highest BCUT2D eigenvalue weighted by Gasteiger charge is 1.88. The molecule has 0 heterocycles. The first-order chi connectivity index (χ1) is 10.1. The quantitative estimate of drug-likeness (QED) is 0.715. The van der Waals surface area contributed by atoms with E-state index in [0.29, 0.717) is 0 Å². The maximum Gasteiger partial charge on any atom is 0.129 e. The number of aliphatic imine (C=N–C) groups is 1. The standard InChI is InChI=1S/C14H13N.C5H10O/c1-12-7-9-14(10-8-12)15-11-13-5-3-2-4-6-13;1-3-4-5(2)6/h2-11H,1H3;3-4H2,1-2H3. The van der Waals surface area contributed by atoms with Crippen LogP contribution in [0.1, 0.15) is 37.8 Å². The molecule has 2 heteroatoms. The van der Waals surface area contributed by atoms with E-state index in [0.717, 1.165) is 24.1 Å². The molecule has 0 fully saturated rings. The number of ketones is 1. The molecule has 0 aromatic heterocycles. The molecule has 2 aromatic carbocycles. The van der Waals surface area contributed by atoms with Gasteiger partial charge >= 0.3 is 0 Å². The van der Waals surface area contributed by atoms with Gasteiger partial charge in [-0.2, -0.15) is 0 Å². The van der Waals surface area contributed by atoms with Gasteiger partial charge in [-0.25, -0.2) is 0 Å². The smallest absolute Gasteiger partial charge is 0.129 e. The lowest BCUT2D eigenvalue weighted by atomic mass is 10.2. The summed E-state index contributed by atoms with van der Waals surface area (Å²) in [5.74, 6) is 0.289.